The van der Waals surface area contributed by atoms with Gasteiger partial charge >= 0.3 is 0 Å². The van der Waals surface area contributed by atoms with Crippen LogP contribution in [0.25, 0.3) is 0 Å². The standard InChI is InChI=1S/C15H14F2N2O/c1-2-19(9-12-5-3-4-6-18-12)15-13(16)7-11(10-20)8-14(15)17/h3-8,10H,2,9H2,1H3. The molecular formula is C15H14F2N2O. The predicted molar refractivity (Wildman–Crippen MR) is 72.7 cm³/mol. The summed E-state index contributed by atoms with van der Waals surface area (Å²) in [6, 6.07) is 7.45. The SMILES string of the molecule is CCN(Cc1ccccn1)c1c(F)cc(C=O)cc1F. The van der Waals surface area contributed by atoms with E-state index in [0.717, 1.165) is 12.1 Å². The summed E-state index contributed by atoms with van der Waals surface area (Å²) in [7, 11) is 0. The summed E-state index contributed by atoms with van der Waals surface area (Å²) < 4.78 is 28.0. The Kier molecular flexibility index (Phi) is 4.40. The van der Waals surface area contributed by atoms with Crippen LogP contribution in [0, 0.1) is 11.6 Å². The lowest BCUT2D eigenvalue weighted by Gasteiger charge is -2.23. The second-order valence-electron chi connectivity index (χ2n) is 4.29. The van der Waals surface area contributed by atoms with Gasteiger partial charge in [0.05, 0.1) is 12.2 Å². The van der Waals surface area contributed by atoms with Crippen LogP contribution in [0.15, 0.2) is 36.5 Å². The van der Waals surface area contributed by atoms with E-state index in [1.807, 2.05) is 6.07 Å². The molecule has 0 amide bonds. The Morgan fingerprint density at radius 2 is 1.95 bits per heavy atom. The van der Waals surface area contributed by atoms with Gasteiger partial charge in [0.15, 0.2) is 0 Å². The van der Waals surface area contributed by atoms with E-state index in [4.69, 9.17) is 0 Å². The monoisotopic (exact) mass is 276 g/mol. The number of nitrogens with zero attached hydrogens (tertiary/aromatic N) is 2. The molecule has 0 unspecified atom stereocenters. The highest BCUT2D eigenvalue weighted by atomic mass is 19.1. The van der Waals surface area contributed by atoms with Gasteiger partial charge in [0.1, 0.15) is 23.6 Å². The molecule has 104 valence electrons. The minimum atomic E-state index is -0.745. The van der Waals surface area contributed by atoms with Gasteiger partial charge in [-0.05, 0) is 31.2 Å². The first-order valence-electron chi connectivity index (χ1n) is 6.24. The Bertz CT molecular complexity index is 579. The molecule has 0 spiro atoms. The second-order valence-corrected chi connectivity index (χ2v) is 4.29. The Balaban J connectivity index is 2.35. The van der Waals surface area contributed by atoms with Crippen molar-refractivity contribution in [2.24, 2.45) is 0 Å². The molecule has 1 aromatic heterocycles. The molecule has 3 nitrogen and oxygen atoms in total. The topological polar surface area (TPSA) is 33.2 Å². The van der Waals surface area contributed by atoms with Crippen molar-refractivity contribution in [1.29, 1.82) is 0 Å². The smallest absolute Gasteiger partial charge is 0.150 e. The van der Waals surface area contributed by atoms with Gasteiger partial charge in [0.25, 0.3) is 0 Å². The molecule has 0 saturated heterocycles. The summed E-state index contributed by atoms with van der Waals surface area (Å²) in [5.74, 6) is -1.49. The Morgan fingerprint density at radius 3 is 2.45 bits per heavy atom. The van der Waals surface area contributed by atoms with Crippen molar-refractivity contribution >= 4 is 12.0 Å². The van der Waals surface area contributed by atoms with Crippen molar-refractivity contribution in [2.75, 3.05) is 11.4 Å². The summed E-state index contributed by atoms with van der Waals surface area (Å²) in [6.07, 6.45) is 2.05. The van der Waals surface area contributed by atoms with Crippen molar-refractivity contribution in [3.63, 3.8) is 0 Å². The summed E-state index contributed by atoms with van der Waals surface area (Å²) in [4.78, 5) is 16.3. The first-order valence-corrected chi connectivity index (χ1v) is 6.24. The third-order valence-electron chi connectivity index (χ3n) is 2.95. The molecule has 0 saturated carbocycles. The van der Waals surface area contributed by atoms with Crippen LogP contribution in [0.3, 0.4) is 0 Å². The van der Waals surface area contributed by atoms with E-state index in [-0.39, 0.29) is 11.3 Å². The number of hydrogen-bond acceptors (Lipinski definition) is 3. The minimum absolute atomic E-state index is 0.0161. The fourth-order valence-electron chi connectivity index (χ4n) is 1.99. The summed E-state index contributed by atoms with van der Waals surface area (Å²) in [5.41, 5.74) is 0.564. The van der Waals surface area contributed by atoms with Crippen LogP contribution >= 0.6 is 0 Å². The van der Waals surface area contributed by atoms with Gasteiger partial charge in [0, 0.05) is 18.3 Å². The number of pyridine rings is 1. The molecule has 0 atom stereocenters. The van der Waals surface area contributed by atoms with E-state index in [1.165, 1.54) is 0 Å². The highest BCUT2D eigenvalue weighted by Crippen LogP contribution is 2.25. The van der Waals surface area contributed by atoms with Crippen LogP contribution in [0.4, 0.5) is 14.5 Å². The fourth-order valence-corrected chi connectivity index (χ4v) is 1.99. The number of hydrogen-bond donors (Lipinski definition) is 0. The number of anilines is 1. The quantitative estimate of drug-likeness (QED) is 0.786. The van der Waals surface area contributed by atoms with E-state index in [1.54, 1.807) is 30.2 Å². The lowest BCUT2D eigenvalue weighted by molar-refractivity contribution is 0.112. The number of rotatable bonds is 5. The molecule has 1 heterocycles. The molecular weight excluding hydrogens is 262 g/mol. The lowest BCUT2D eigenvalue weighted by Crippen LogP contribution is -2.25. The van der Waals surface area contributed by atoms with Crippen LogP contribution in [-0.4, -0.2) is 17.8 Å². The van der Waals surface area contributed by atoms with Crippen molar-refractivity contribution in [3.8, 4) is 0 Å². The van der Waals surface area contributed by atoms with Crippen molar-refractivity contribution in [3.05, 3.63) is 59.4 Å². The van der Waals surface area contributed by atoms with E-state index in [0.29, 0.717) is 25.1 Å². The number of halogens is 2. The maximum atomic E-state index is 14.0. The molecule has 0 aliphatic heterocycles. The van der Waals surface area contributed by atoms with Crippen LogP contribution in [0.1, 0.15) is 23.0 Å². The molecule has 0 N–H and O–H groups in total. The molecule has 0 fully saturated rings. The summed E-state index contributed by atoms with van der Waals surface area (Å²) in [6.45, 7) is 2.52. The Labute approximate surface area is 115 Å². The first kappa shape index (κ1) is 14.1. The molecule has 5 heteroatoms. The normalized spacial score (nSPS) is 10.3. The predicted octanol–water partition coefficient (Wildman–Crippen LogP) is 3.20. The van der Waals surface area contributed by atoms with Crippen molar-refractivity contribution < 1.29 is 13.6 Å². The maximum Gasteiger partial charge on any atom is 0.150 e. The average molecular weight is 276 g/mol. The molecule has 0 aliphatic carbocycles. The van der Waals surface area contributed by atoms with Crippen LogP contribution in [-0.2, 0) is 6.54 Å². The summed E-state index contributed by atoms with van der Waals surface area (Å²) in [5, 5.41) is 0. The van der Waals surface area contributed by atoms with Gasteiger partial charge in [-0.15, -0.1) is 0 Å². The van der Waals surface area contributed by atoms with E-state index in [2.05, 4.69) is 4.98 Å². The molecule has 2 aromatic rings. The van der Waals surface area contributed by atoms with Gasteiger partial charge in [0.2, 0.25) is 0 Å². The van der Waals surface area contributed by atoms with Gasteiger partial charge in [-0.25, -0.2) is 8.78 Å². The Hall–Kier alpha value is -2.30. The number of aromatic nitrogens is 1. The number of aldehydes is 1. The van der Waals surface area contributed by atoms with Gasteiger partial charge in [-0.1, -0.05) is 6.07 Å². The zero-order valence-corrected chi connectivity index (χ0v) is 11.0. The van der Waals surface area contributed by atoms with Crippen LogP contribution in [0.5, 0.6) is 0 Å². The third kappa shape index (κ3) is 2.99. The van der Waals surface area contributed by atoms with Gasteiger partial charge < -0.3 is 4.90 Å². The molecule has 0 bridgehead atoms. The first-order chi connectivity index (χ1) is 9.65. The zero-order valence-electron chi connectivity index (χ0n) is 11.0. The lowest BCUT2D eigenvalue weighted by atomic mass is 10.1. The third-order valence-corrected chi connectivity index (χ3v) is 2.95. The highest BCUT2D eigenvalue weighted by molar-refractivity contribution is 5.76. The second kappa shape index (κ2) is 6.23. The van der Waals surface area contributed by atoms with Crippen molar-refractivity contribution in [1.82, 2.24) is 4.98 Å². The molecule has 0 aliphatic rings. The number of carbonyl (C=O) groups is 1. The van der Waals surface area contributed by atoms with Gasteiger partial charge in [-0.3, -0.25) is 9.78 Å². The average Bonchev–Trinajstić information content (AvgIpc) is 2.46. The van der Waals surface area contributed by atoms with Crippen LogP contribution < -0.4 is 4.90 Å². The zero-order chi connectivity index (χ0) is 14.5. The number of benzene rings is 1. The van der Waals surface area contributed by atoms with E-state index >= 15 is 0 Å². The molecule has 1 aromatic carbocycles. The Morgan fingerprint density at radius 1 is 1.25 bits per heavy atom. The van der Waals surface area contributed by atoms with E-state index in [9.17, 15) is 13.6 Å². The molecule has 0 radical (unpaired) electrons. The van der Waals surface area contributed by atoms with Gasteiger partial charge in [-0.2, -0.15) is 0 Å². The van der Waals surface area contributed by atoms with Crippen molar-refractivity contribution in [2.45, 2.75) is 13.5 Å². The maximum absolute atomic E-state index is 14.0. The van der Waals surface area contributed by atoms with E-state index < -0.39 is 11.6 Å². The summed E-state index contributed by atoms with van der Waals surface area (Å²) >= 11 is 0. The number of carbonyl (C=O) groups excluding carboxylic acids is 1. The largest absolute Gasteiger partial charge is 0.361 e. The van der Waals surface area contributed by atoms with Crippen LogP contribution in [0.2, 0.25) is 0 Å². The highest BCUT2D eigenvalue weighted by Gasteiger charge is 2.17. The minimum Gasteiger partial charge on any atom is -0.361 e. The molecule has 20 heavy (non-hydrogen) atoms. The molecule has 2 rings (SSSR count). The fraction of sp³-hybridized carbons (Fsp3) is 0.200.